The Kier molecular flexibility index (Phi) is 5.04. The number of unbranched alkanes of at least 4 members (excludes halogenated alkanes) is 1. The third kappa shape index (κ3) is 3.28. The summed E-state index contributed by atoms with van der Waals surface area (Å²) in [5.41, 5.74) is 7.43. The van der Waals surface area contributed by atoms with E-state index in [1.165, 1.54) is 32.4 Å². The van der Waals surface area contributed by atoms with E-state index in [4.69, 9.17) is 10.5 Å². The van der Waals surface area contributed by atoms with Crippen molar-refractivity contribution in [1.29, 1.82) is 0 Å². The molecule has 5 heteroatoms. The molecule has 1 aromatic heterocycles. The number of nitrogen functional groups attached to an aromatic ring is 1. The van der Waals surface area contributed by atoms with Crippen LogP contribution in [0.4, 0.5) is 10.3 Å². The van der Waals surface area contributed by atoms with Gasteiger partial charge in [0.2, 0.25) is 5.95 Å². The molecular weight excluding hydrogens is 269 g/mol. The van der Waals surface area contributed by atoms with Crippen LogP contribution in [-0.4, -0.2) is 16.7 Å². The summed E-state index contributed by atoms with van der Waals surface area (Å²) >= 11 is 0. The fourth-order valence-electron chi connectivity index (χ4n) is 2.67. The number of methoxy groups -OCH3 is 1. The van der Waals surface area contributed by atoms with Crippen molar-refractivity contribution in [3.8, 4) is 5.75 Å². The predicted octanol–water partition coefficient (Wildman–Crippen LogP) is 3.98. The maximum Gasteiger partial charge on any atom is 0.201 e. The molecule has 0 aliphatic rings. The molecule has 0 aliphatic carbocycles. The Morgan fingerprint density at radius 3 is 2.76 bits per heavy atom. The Bertz CT molecular complexity index is 609. The molecule has 2 rings (SSSR count). The van der Waals surface area contributed by atoms with Gasteiger partial charge in [-0.05, 0) is 12.3 Å². The van der Waals surface area contributed by atoms with Crippen molar-refractivity contribution in [2.75, 3.05) is 12.8 Å². The molecule has 0 radical (unpaired) electrons. The number of hydrogen-bond acceptors (Lipinski definition) is 3. The molecule has 1 heterocycles. The number of nitrogens with zero attached hydrogens (tertiary/aromatic N) is 2. The number of imidazole rings is 1. The maximum absolute atomic E-state index is 13.7. The molecule has 4 nitrogen and oxygen atoms in total. The van der Waals surface area contributed by atoms with Crippen molar-refractivity contribution >= 4 is 17.0 Å². The highest BCUT2D eigenvalue weighted by Gasteiger charge is 2.16. The van der Waals surface area contributed by atoms with E-state index < -0.39 is 5.82 Å². The lowest BCUT2D eigenvalue weighted by molar-refractivity contribution is 0.385. The number of fused-ring (bicyclic) bond motifs is 1. The number of benzene rings is 1. The highest BCUT2D eigenvalue weighted by atomic mass is 19.1. The van der Waals surface area contributed by atoms with Crippen LogP contribution in [0.25, 0.3) is 11.0 Å². The first-order chi connectivity index (χ1) is 10.1. The predicted molar refractivity (Wildman–Crippen MR) is 84.0 cm³/mol. The highest BCUT2D eigenvalue weighted by molar-refractivity contribution is 5.80. The van der Waals surface area contributed by atoms with Crippen LogP contribution < -0.4 is 10.5 Å². The van der Waals surface area contributed by atoms with Gasteiger partial charge >= 0.3 is 0 Å². The van der Waals surface area contributed by atoms with Crippen molar-refractivity contribution in [1.82, 2.24) is 9.55 Å². The summed E-state index contributed by atoms with van der Waals surface area (Å²) in [7, 11) is 1.46. The lowest BCUT2D eigenvalue weighted by Crippen LogP contribution is -2.12. The van der Waals surface area contributed by atoms with Crippen LogP contribution in [0, 0.1) is 11.7 Å². The van der Waals surface area contributed by atoms with E-state index in [2.05, 4.69) is 18.8 Å². The lowest BCUT2D eigenvalue weighted by atomic mass is 9.99. The minimum atomic E-state index is -0.410. The minimum Gasteiger partial charge on any atom is -0.494 e. The normalized spacial score (nSPS) is 12.8. The van der Waals surface area contributed by atoms with Gasteiger partial charge in [-0.1, -0.05) is 33.1 Å². The molecule has 0 spiro atoms. The summed E-state index contributed by atoms with van der Waals surface area (Å²) in [6.07, 6.45) is 4.67. The Hall–Kier alpha value is -1.78. The molecule has 21 heavy (non-hydrogen) atoms. The lowest BCUT2D eigenvalue weighted by Gasteiger charge is -2.17. The molecule has 0 saturated carbocycles. The van der Waals surface area contributed by atoms with Crippen molar-refractivity contribution in [3.63, 3.8) is 0 Å². The summed E-state index contributed by atoms with van der Waals surface area (Å²) in [5, 5.41) is 0. The van der Waals surface area contributed by atoms with Crippen molar-refractivity contribution in [2.45, 2.75) is 46.1 Å². The van der Waals surface area contributed by atoms with Gasteiger partial charge in [-0.25, -0.2) is 9.37 Å². The van der Waals surface area contributed by atoms with Crippen LogP contribution in [0.1, 0.15) is 39.5 Å². The summed E-state index contributed by atoms with van der Waals surface area (Å²) in [5.74, 6) is 0.811. The molecule has 2 N–H and O–H groups in total. The van der Waals surface area contributed by atoms with Gasteiger partial charge in [0.25, 0.3) is 0 Å². The zero-order valence-electron chi connectivity index (χ0n) is 13.0. The molecule has 1 unspecified atom stereocenters. The number of halogens is 1. The standard InChI is InChI=1S/C16H24FN3O/c1-4-6-7-11(5-2)10-20-14-9-15(21-3)12(17)8-13(14)19-16(20)18/h8-9,11H,4-7,10H2,1-3H3,(H2,18,19). The Labute approximate surface area is 125 Å². The van der Waals surface area contributed by atoms with Gasteiger partial charge < -0.3 is 15.0 Å². The zero-order chi connectivity index (χ0) is 15.4. The van der Waals surface area contributed by atoms with Crippen LogP contribution in [-0.2, 0) is 6.54 Å². The first-order valence-electron chi connectivity index (χ1n) is 7.59. The summed E-state index contributed by atoms with van der Waals surface area (Å²) in [4.78, 5) is 4.26. The van der Waals surface area contributed by atoms with E-state index in [1.807, 2.05) is 4.57 Å². The average Bonchev–Trinajstić information content (AvgIpc) is 2.77. The van der Waals surface area contributed by atoms with E-state index in [0.717, 1.165) is 18.5 Å². The second-order valence-electron chi connectivity index (χ2n) is 5.47. The molecule has 0 aliphatic heterocycles. The van der Waals surface area contributed by atoms with E-state index in [0.29, 0.717) is 17.4 Å². The van der Waals surface area contributed by atoms with Gasteiger partial charge in [0.1, 0.15) is 0 Å². The fraction of sp³-hybridized carbons (Fsp3) is 0.562. The molecule has 116 valence electrons. The first kappa shape index (κ1) is 15.6. The third-order valence-corrected chi connectivity index (χ3v) is 4.04. The molecule has 1 aromatic carbocycles. The number of hydrogen-bond donors (Lipinski definition) is 1. The number of nitrogens with two attached hydrogens (primary N) is 1. The van der Waals surface area contributed by atoms with Gasteiger partial charge in [-0.2, -0.15) is 0 Å². The van der Waals surface area contributed by atoms with E-state index >= 15 is 0 Å². The third-order valence-electron chi connectivity index (χ3n) is 4.04. The number of rotatable bonds is 7. The molecular formula is C16H24FN3O. The van der Waals surface area contributed by atoms with E-state index in [-0.39, 0.29) is 5.75 Å². The number of ether oxygens (including phenoxy) is 1. The Morgan fingerprint density at radius 2 is 2.14 bits per heavy atom. The topological polar surface area (TPSA) is 53.1 Å². The molecule has 0 bridgehead atoms. The summed E-state index contributed by atoms with van der Waals surface area (Å²) < 4.78 is 20.8. The molecule has 0 saturated heterocycles. The Morgan fingerprint density at radius 1 is 1.38 bits per heavy atom. The summed E-state index contributed by atoms with van der Waals surface area (Å²) in [6, 6.07) is 3.06. The van der Waals surface area contributed by atoms with Gasteiger partial charge in [0, 0.05) is 18.7 Å². The monoisotopic (exact) mass is 293 g/mol. The van der Waals surface area contributed by atoms with Gasteiger partial charge in [0.15, 0.2) is 11.6 Å². The number of anilines is 1. The minimum absolute atomic E-state index is 0.227. The van der Waals surface area contributed by atoms with Crippen LogP contribution >= 0.6 is 0 Å². The van der Waals surface area contributed by atoms with Crippen LogP contribution in [0.15, 0.2) is 12.1 Å². The zero-order valence-corrected chi connectivity index (χ0v) is 13.0. The van der Waals surface area contributed by atoms with Crippen LogP contribution in [0.2, 0.25) is 0 Å². The first-order valence-corrected chi connectivity index (χ1v) is 7.59. The Balaban J connectivity index is 2.36. The molecule has 0 amide bonds. The fourth-order valence-corrected chi connectivity index (χ4v) is 2.67. The number of aromatic nitrogens is 2. The van der Waals surface area contributed by atoms with Crippen LogP contribution in [0.3, 0.4) is 0 Å². The second kappa shape index (κ2) is 6.78. The average molecular weight is 293 g/mol. The molecule has 0 fully saturated rings. The SMILES string of the molecule is CCCCC(CC)Cn1c(N)nc2cc(F)c(OC)cc21. The van der Waals surface area contributed by atoms with Crippen molar-refractivity contribution in [2.24, 2.45) is 5.92 Å². The quantitative estimate of drug-likeness (QED) is 0.840. The smallest absolute Gasteiger partial charge is 0.201 e. The van der Waals surface area contributed by atoms with Gasteiger partial charge in [-0.15, -0.1) is 0 Å². The van der Waals surface area contributed by atoms with E-state index in [1.54, 1.807) is 6.07 Å². The van der Waals surface area contributed by atoms with Gasteiger partial charge in [0.05, 0.1) is 18.1 Å². The summed E-state index contributed by atoms with van der Waals surface area (Å²) in [6.45, 7) is 5.20. The largest absolute Gasteiger partial charge is 0.494 e. The molecule has 1 atom stereocenters. The maximum atomic E-state index is 13.7. The van der Waals surface area contributed by atoms with Crippen molar-refractivity contribution in [3.05, 3.63) is 17.9 Å². The van der Waals surface area contributed by atoms with Gasteiger partial charge in [-0.3, -0.25) is 0 Å². The molecule has 2 aromatic rings. The van der Waals surface area contributed by atoms with Crippen LogP contribution in [0.5, 0.6) is 5.75 Å². The second-order valence-corrected chi connectivity index (χ2v) is 5.47. The highest BCUT2D eigenvalue weighted by Crippen LogP contribution is 2.28. The van der Waals surface area contributed by atoms with E-state index in [9.17, 15) is 4.39 Å². The van der Waals surface area contributed by atoms with Crippen molar-refractivity contribution < 1.29 is 9.13 Å².